The Hall–Kier alpha value is -1.16. The van der Waals surface area contributed by atoms with E-state index in [1.807, 2.05) is 37.3 Å². The molecule has 1 aliphatic rings. The highest BCUT2D eigenvalue weighted by Crippen LogP contribution is 2.27. The van der Waals surface area contributed by atoms with E-state index >= 15 is 0 Å². The van der Waals surface area contributed by atoms with Crippen LogP contribution in [0.3, 0.4) is 0 Å². The third kappa shape index (κ3) is 4.40. The second-order valence-electron chi connectivity index (χ2n) is 6.01. The van der Waals surface area contributed by atoms with Gasteiger partial charge >= 0.3 is 0 Å². The second-order valence-corrected chi connectivity index (χ2v) is 6.01. The van der Waals surface area contributed by atoms with E-state index in [0.29, 0.717) is 12.5 Å². The molecule has 1 aromatic carbocycles. The fourth-order valence-electron chi connectivity index (χ4n) is 2.99. The van der Waals surface area contributed by atoms with Gasteiger partial charge in [0.1, 0.15) is 0 Å². The van der Waals surface area contributed by atoms with Gasteiger partial charge in [0.2, 0.25) is 0 Å². The molecule has 2 rings (SSSR count). The first-order chi connectivity index (χ1) is 10.1. The summed E-state index contributed by atoms with van der Waals surface area (Å²) in [5.74, 6) is 0. The molecule has 1 heterocycles. The molecule has 21 heavy (non-hydrogen) atoms. The van der Waals surface area contributed by atoms with Crippen molar-refractivity contribution in [3.8, 4) is 0 Å². The first-order valence-electron chi connectivity index (χ1n) is 7.91. The van der Waals surface area contributed by atoms with Crippen LogP contribution in [-0.4, -0.2) is 40.3 Å². The monoisotopic (exact) mass is 289 g/mol. The van der Waals surface area contributed by atoms with Gasteiger partial charge in [-0.25, -0.2) is 0 Å². The van der Waals surface area contributed by atoms with Crippen molar-refractivity contribution in [3.05, 3.63) is 48.0 Å². The summed E-state index contributed by atoms with van der Waals surface area (Å²) in [4.78, 5) is 2.30. The molecule has 0 fully saturated rings. The lowest BCUT2D eigenvalue weighted by atomic mass is 9.93. The molecule has 0 bridgehead atoms. The number of hydrogen-bond acceptors (Lipinski definition) is 3. The number of hydrogen-bond donors (Lipinski definition) is 2. The molecule has 3 heteroatoms. The van der Waals surface area contributed by atoms with E-state index in [-0.39, 0.29) is 12.1 Å². The predicted molar refractivity (Wildman–Crippen MR) is 86.0 cm³/mol. The fraction of sp³-hybridized carbons (Fsp3) is 0.556. The predicted octanol–water partition coefficient (Wildman–Crippen LogP) is 2.90. The van der Waals surface area contributed by atoms with E-state index in [4.69, 9.17) is 0 Å². The van der Waals surface area contributed by atoms with Gasteiger partial charge < -0.3 is 10.2 Å². The maximum absolute atomic E-state index is 10.4. The number of nitrogens with zero attached hydrogens (tertiary/aromatic N) is 1. The summed E-state index contributed by atoms with van der Waals surface area (Å²) in [5.41, 5.74) is 0.968. The fourth-order valence-corrected chi connectivity index (χ4v) is 2.99. The minimum atomic E-state index is -0.446. The Labute approximate surface area is 127 Å². The highest BCUT2D eigenvalue weighted by molar-refractivity contribution is 5.18. The summed E-state index contributed by atoms with van der Waals surface area (Å²) in [6.45, 7) is 2.01. The lowest BCUT2D eigenvalue weighted by Crippen LogP contribution is -2.43. The average molecular weight is 289 g/mol. The summed E-state index contributed by atoms with van der Waals surface area (Å²) in [7, 11) is 2.10. The quantitative estimate of drug-likeness (QED) is 0.791. The topological polar surface area (TPSA) is 43.7 Å². The lowest BCUT2D eigenvalue weighted by molar-refractivity contribution is 0.0727. The van der Waals surface area contributed by atoms with E-state index < -0.39 is 6.10 Å². The SMILES string of the molecule is CC[C@H](O)C[C@@H]1CC=C[C@H](C[C@H](O)c2ccccc2)N1C. The first-order valence-corrected chi connectivity index (χ1v) is 7.91. The third-order valence-corrected chi connectivity index (χ3v) is 4.53. The first kappa shape index (κ1) is 16.2. The van der Waals surface area contributed by atoms with Gasteiger partial charge in [-0.05, 0) is 38.3 Å². The Balaban J connectivity index is 1.96. The summed E-state index contributed by atoms with van der Waals surface area (Å²) >= 11 is 0. The minimum absolute atomic E-state index is 0.225. The molecule has 4 atom stereocenters. The van der Waals surface area contributed by atoms with Crippen molar-refractivity contribution >= 4 is 0 Å². The molecule has 0 aromatic heterocycles. The zero-order valence-electron chi connectivity index (χ0n) is 13.0. The van der Waals surface area contributed by atoms with Gasteiger partial charge in [0.15, 0.2) is 0 Å². The number of rotatable bonds is 6. The molecule has 0 radical (unpaired) electrons. The van der Waals surface area contributed by atoms with E-state index in [0.717, 1.165) is 24.8 Å². The Morgan fingerprint density at radius 1 is 1.19 bits per heavy atom. The van der Waals surface area contributed by atoms with Crippen LogP contribution in [0.2, 0.25) is 0 Å². The summed E-state index contributed by atoms with van der Waals surface area (Å²) < 4.78 is 0. The van der Waals surface area contributed by atoms with E-state index in [2.05, 4.69) is 24.1 Å². The van der Waals surface area contributed by atoms with Gasteiger partial charge in [0, 0.05) is 12.1 Å². The molecule has 0 spiro atoms. The number of benzene rings is 1. The second kappa shape index (κ2) is 7.74. The number of aliphatic hydroxyl groups excluding tert-OH is 2. The summed E-state index contributed by atoms with van der Waals surface area (Å²) in [5, 5.41) is 20.3. The molecule has 1 aromatic rings. The van der Waals surface area contributed by atoms with Crippen LogP contribution in [0.1, 0.15) is 44.3 Å². The molecular formula is C18H27NO2. The normalized spacial score (nSPS) is 25.7. The standard InChI is InChI=1S/C18H27NO2/c1-3-17(20)12-15-10-7-11-16(19(15)2)13-18(21)14-8-5-4-6-9-14/h4-9,11,15-18,20-21H,3,10,12-13H2,1-2H3/t15-,16+,17-,18-/m0/s1. The Kier molecular flexibility index (Phi) is 5.97. The minimum Gasteiger partial charge on any atom is -0.393 e. The zero-order chi connectivity index (χ0) is 15.2. The molecule has 0 saturated carbocycles. The van der Waals surface area contributed by atoms with E-state index in [9.17, 15) is 10.2 Å². The van der Waals surface area contributed by atoms with Gasteiger partial charge in [-0.15, -0.1) is 0 Å². The summed E-state index contributed by atoms with van der Waals surface area (Å²) in [6.07, 6.45) is 6.96. The van der Waals surface area contributed by atoms with Crippen LogP contribution in [0, 0.1) is 0 Å². The average Bonchev–Trinajstić information content (AvgIpc) is 2.52. The van der Waals surface area contributed by atoms with Crippen LogP contribution in [-0.2, 0) is 0 Å². The van der Waals surface area contributed by atoms with Gasteiger partial charge in [-0.2, -0.15) is 0 Å². The largest absolute Gasteiger partial charge is 0.393 e. The highest BCUT2D eigenvalue weighted by atomic mass is 16.3. The van der Waals surface area contributed by atoms with Crippen LogP contribution in [0.15, 0.2) is 42.5 Å². The van der Waals surface area contributed by atoms with Crippen molar-refractivity contribution < 1.29 is 10.2 Å². The molecule has 2 N–H and O–H groups in total. The van der Waals surface area contributed by atoms with Crippen LogP contribution in [0.25, 0.3) is 0 Å². The Morgan fingerprint density at radius 2 is 1.90 bits per heavy atom. The molecule has 3 nitrogen and oxygen atoms in total. The lowest BCUT2D eigenvalue weighted by Gasteiger charge is -2.38. The Morgan fingerprint density at radius 3 is 2.57 bits per heavy atom. The van der Waals surface area contributed by atoms with Crippen LogP contribution in [0.5, 0.6) is 0 Å². The van der Waals surface area contributed by atoms with Gasteiger partial charge in [0.05, 0.1) is 12.2 Å². The van der Waals surface area contributed by atoms with Crippen molar-refractivity contribution in [2.75, 3.05) is 7.05 Å². The maximum atomic E-state index is 10.4. The molecule has 0 unspecified atom stereocenters. The Bertz CT molecular complexity index is 446. The van der Waals surface area contributed by atoms with Crippen molar-refractivity contribution in [2.45, 2.75) is 56.9 Å². The number of aliphatic hydroxyl groups is 2. The van der Waals surface area contributed by atoms with Crippen molar-refractivity contribution in [3.63, 3.8) is 0 Å². The highest BCUT2D eigenvalue weighted by Gasteiger charge is 2.27. The van der Waals surface area contributed by atoms with Crippen molar-refractivity contribution in [1.82, 2.24) is 4.90 Å². The zero-order valence-corrected chi connectivity index (χ0v) is 13.0. The van der Waals surface area contributed by atoms with E-state index in [1.54, 1.807) is 0 Å². The third-order valence-electron chi connectivity index (χ3n) is 4.53. The molecule has 0 saturated heterocycles. The van der Waals surface area contributed by atoms with E-state index in [1.165, 1.54) is 0 Å². The molecule has 0 amide bonds. The van der Waals surface area contributed by atoms with Crippen LogP contribution < -0.4 is 0 Å². The summed E-state index contributed by atoms with van der Waals surface area (Å²) in [6, 6.07) is 10.4. The smallest absolute Gasteiger partial charge is 0.0808 e. The van der Waals surface area contributed by atoms with Crippen molar-refractivity contribution in [2.24, 2.45) is 0 Å². The van der Waals surface area contributed by atoms with Crippen LogP contribution in [0.4, 0.5) is 0 Å². The number of likely N-dealkylation sites (N-methyl/N-ethyl adjacent to an activating group) is 1. The van der Waals surface area contributed by atoms with Gasteiger partial charge in [-0.3, -0.25) is 4.90 Å². The molecular weight excluding hydrogens is 262 g/mol. The van der Waals surface area contributed by atoms with Crippen molar-refractivity contribution in [1.29, 1.82) is 0 Å². The molecule has 1 aliphatic heterocycles. The molecule has 116 valence electrons. The van der Waals surface area contributed by atoms with Gasteiger partial charge in [0.25, 0.3) is 0 Å². The molecule has 0 aliphatic carbocycles. The maximum Gasteiger partial charge on any atom is 0.0808 e. The van der Waals surface area contributed by atoms with Crippen LogP contribution >= 0.6 is 0 Å². The van der Waals surface area contributed by atoms with Gasteiger partial charge in [-0.1, -0.05) is 49.4 Å².